The molecule has 3 rings (SSSR count). The van der Waals surface area contributed by atoms with Gasteiger partial charge in [-0.15, -0.1) is 0 Å². The highest BCUT2D eigenvalue weighted by atomic mass is 16.6. The smallest absolute Gasteiger partial charge is 0.411 e. The van der Waals surface area contributed by atoms with Gasteiger partial charge in [-0.2, -0.15) is 0 Å². The van der Waals surface area contributed by atoms with Gasteiger partial charge >= 0.3 is 6.09 Å². The van der Waals surface area contributed by atoms with Crippen molar-refractivity contribution in [3.8, 4) is 0 Å². The van der Waals surface area contributed by atoms with E-state index in [4.69, 9.17) is 4.74 Å². The Morgan fingerprint density at radius 1 is 1.10 bits per heavy atom. The Balaban J connectivity index is 1.77. The van der Waals surface area contributed by atoms with Crippen LogP contribution < -0.4 is 0 Å². The molecule has 3 fully saturated rings. The molecule has 0 aromatic heterocycles. The van der Waals surface area contributed by atoms with Gasteiger partial charge in [0.25, 0.3) is 0 Å². The molecule has 2 saturated heterocycles. The minimum absolute atomic E-state index is 0.144. The third-order valence-corrected chi connectivity index (χ3v) is 4.86. The van der Waals surface area contributed by atoms with Gasteiger partial charge in [0.2, 0.25) is 5.91 Å². The second kappa shape index (κ2) is 5.18. The van der Waals surface area contributed by atoms with Crippen LogP contribution >= 0.6 is 0 Å². The number of likely N-dealkylation sites (tertiary alicyclic amines) is 2. The molecule has 2 heterocycles. The summed E-state index contributed by atoms with van der Waals surface area (Å²) < 4.78 is 5.53. The van der Waals surface area contributed by atoms with Crippen LogP contribution in [0.3, 0.4) is 0 Å². The zero-order valence-electron chi connectivity index (χ0n) is 13.3. The maximum absolute atomic E-state index is 12.8. The molecular formula is C16H26N2O3. The van der Waals surface area contributed by atoms with Crippen molar-refractivity contribution >= 4 is 12.0 Å². The summed E-state index contributed by atoms with van der Waals surface area (Å²) in [5.74, 6) is 0.473. The van der Waals surface area contributed by atoms with Crippen molar-refractivity contribution in [3.63, 3.8) is 0 Å². The second-order valence-corrected chi connectivity index (χ2v) is 7.59. The zero-order chi connectivity index (χ0) is 15.2. The summed E-state index contributed by atoms with van der Waals surface area (Å²) in [6, 6.07) is -0.0851. The summed E-state index contributed by atoms with van der Waals surface area (Å²) in [7, 11) is 0. The second-order valence-electron chi connectivity index (χ2n) is 7.59. The Hall–Kier alpha value is -1.26. The van der Waals surface area contributed by atoms with Crippen LogP contribution in [0.1, 0.15) is 52.9 Å². The summed E-state index contributed by atoms with van der Waals surface area (Å²) in [6.45, 7) is 7.30. The fraction of sp³-hybridized carbons (Fsp3) is 0.875. The first kappa shape index (κ1) is 14.7. The molecule has 0 aromatic carbocycles. The van der Waals surface area contributed by atoms with E-state index < -0.39 is 5.60 Å². The average molecular weight is 294 g/mol. The molecule has 0 N–H and O–H groups in total. The quantitative estimate of drug-likeness (QED) is 0.746. The lowest BCUT2D eigenvalue weighted by Crippen LogP contribution is -2.54. The molecule has 1 aliphatic carbocycles. The monoisotopic (exact) mass is 294 g/mol. The summed E-state index contributed by atoms with van der Waals surface area (Å²) in [6.07, 6.45) is 4.89. The summed E-state index contributed by atoms with van der Waals surface area (Å²) in [5, 5.41) is 0. The molecule has 3 atom stereocenters. The molecule has 0 unspecified atom stereocenters. The van der Waals surface area contributed by atoms with Crippen LogP contribution in [-0.2, 0) is 9.53 Å². The molecule has 21 heavy (non-hydrogen) atoms. The number of rotatable bonds is 1. The maximum Gasteiger partial charge on any atom is 0.411 e. The molecule has 0 aromatic rings. The maximum atomic E-state index is 12.8. The first-order chi connectivity index (χ1) is 9.87. The van der Waals surface area contributed by atoms with Crippen LogP contribution in [0.5, 0.6) is 0 Å². The normalized spacial score (nSPS) is 31.9. The lowest BCUT2D eigenvalue weighted by atomic mass is 9.97. The first-order valence-electron chi connectivity index (χ1n) is 8.17. The van der Waals surface area contributed by atoms with E-state index in [0.29, 0.717) is 5.92 Å². The molecule has 3 aliphatic rings. The van der Waals surface area contributed by atoms with Crippen molar-refractivity contribution in [1.82, 2.24) is 9.80 Å². The van der Waals surface area contributed by atoms with Gasteiger partial charge in [0.05, 0.1) is 0 Å². The molecule has 1 saturated carbocycles. The molecule has 0 spiro atoms. The van der Waals surface area contributed by atoms with Gasteiger partial charge in [-0.1, -0.05) is 0 Å². The van der Waals surface area contributed by atoms with Crippen molar-refractivity contribution in [1.29, 1.82) is 0 Å². The van der Waals surface area contributed by atoms with Crippen LogP contribution in [0, 0.1) is 5.92 Å². The Morgan fingerprint density at radius 2 is 1.76 bits per heavy atom. The number of carbonyl (C=O) groups excluding carboxylic acids is 2. The Bertz CT molecular complexity index is 437. The molecule has 2 aliphatic heterocycles. The highest BCUT2D eigenvalue weighted by Gasteiger charge is 2.53. The van der Waals surface area contributed by atoms with Gasteiger partial charge in [-0.25, -0.2) is 4.79 Å². The number of nitrogens with zero attached hydrogens (tertiary/aromatic N) is 2. The first-order valence-corrected chi connectivity index (χ1v) is 8.17. The number of amides is 2. The van der Waals surface area contributed by atoms with Crippen molar-refractivity contribution < 1.29 is 14.3 Å². The Labute approximate surface area is 126 Å². The molecule has 2 amide bonds. The number of carbonyl (C=O) groups is 2. The molecule has 118 valence electrons. The Kier molecular flexibility index (Phi) is 3.62. The van der Waals surface area contributed by atoms with Crippen molar-refractivity contribution in [3.05, 3.63) is 0 Å². The number of ether oxygens (including phenoxy) is 1. The van der Waals surface area contributed by atoms with E-state index in [1.165, 1.54) is 0 Å². The van der Waals surface area contributed by atoms with Gasteiger partial charge in [0.15, 0.2) is 0 Å². The van der Waals surface area contributed by atoms with Gasteiger partial charge in [-0.05, 0) is 58.8 Å². The third kappa shape index (κ3) is 2.74. The van der Waals surface area contributed by atoms with E-state index in [1.807, 2.05) is 25.7 Å². The van der Waals surface area contributed by atoms with E-state index >= 15 is 0 Å². The van der Waals surface area contributed by atoms with Crippen LogP contribution in [0.2, 0.25) is 0 Å². The molecular weight excluding hydrogens is 268 g/mol. The summed E-state index contributed by atoms with van der Waals surface area (Å²) >= 11 is 0. The Morgan fingerprint density at radius 3 is 2.38 bits per heavy atom. The fourth-order valence-electron chi connectivity index (χ4n) is 4.01. The van der Waals surface area contributed by atoms with Gasteiger partial charge in [0.1, 0.15) is 11.6 Å². The topological polar surface area (TPSA) is 49.9 Å². The van der Waals surface area contributed by atoms with Gasteiger partial charge in [-0.3, -0.25) is 9.69 Å². The number of hydrogen-bond acceptors (Lipinski definition) is 3. The van der Waals surface area contributed by atoms with Crippen LogP contribution in [0.25, 0.3) is 0 Å². The van der Waals surface area contributed by atoms with Crippen LogP contribution in [0.4, 0.5) is 4.79 Å². The number of piperidine rings is 1. The average Bonchev–Trinajstić information content (AvgIpc) is 3.10. The molecule has 5 nitrogen and oxygen atoms in total. The van der Waals surface area contributed by atoms with E-state index in [1.54, 1.807) is 4.90 Å². The molecule has 5 heteroatoms. The SMILES string of the molecule is CC(C)(C)OC(=O)N1[C@H]2CC[C@H](C2)[C@H]1C(=O)N1CCCC1. The minimum atomic E-state index is -0.514. The van der Waals surface area contributed by atoms with E-state index in [-0.39, 0.29) is 24.1 Å². The van der Waals surface area contributed by atoms with E-state index in [9.17, 15) is 9.59 Å². The minimum Gasteiger partial charge on any atom is -0.444 e. The highest BCUT2D eigenvalue weighted by molar-refractivity contribution is 5.87. The lowest BCUT2D eigenvalue weighted by molar-refractivity contribution is -0.137. The molecule has 0 radical (unpaired) electrons. The van der Waals surface area contributed by atoms with Crippen LogP contribution in [-0.4, -0.2) is 52.6 Å². The van der Waals surface area contributed by atoms with Gasteiger partial charge < -0.3 is 9.64 Å². The largest absolute Gasteiger partial charge is 0.444 e. The predicted molar refractivity (Wildman–Crippen MR) is 78.8 cm³/mol. The summed E-state index contributed by atoms with van der Waals surface area (Å²) in [4.78, 5) is 29.0. The zero-order valence-corrected chi connectivity index (χ0v) is 13.3. The predicted octanol–water partition coefficient (Wildman–Crippen LogP) is 2.40. The van der Waals surface area contributed by atoms with Crippen molar-refractivity contribution in [2.75, 3.05) is 13.1 Å². The fourth-order valence-corrected chi connectivity index (χ4v) is 4.01. The van der Waals surface area contributed by atoms with Crippen molar-refractivity contribution in [2.24, 2.45) is 5.92 Å². The van der Waals surface area contributed by atoms with E-state index in [0.717, 1.165) is 45.2 Å². The number of fused-ring (bicyclic) bond motifs is 2. The summed E-state index contributed by atoms with van der Waals surface area (Å²) in [5.41, 5.74) is -0.514. The van der Waals surface area contributed by atoms with E-state index in [2.05, 4.69) is 0 Å². The third-order valence-electron chi connectivity index (χ3n) is 4.86. The van der Waals surface area contributed by atoms with Crippen molar-refractivity contribution in [2.45, 2.75) is 70.6 Å². The number of hydrogen-bond donors (Lipinski definition) is 0. The van der Waals surface area contributed by atoms with Crippen LogP contribution in [0.15, 0.2) is 0 Å². The lowest BCUT2D eigenvalue weighted by Gasteiger charge is -2.37. The highest BCUT2D eigenvalue weighted by Crippen LogP contribution is 2.44. The molecule has 2 bridgehead atoms. The van der Waals surface area contributed by atoms with Gasteiger partial charge in [0, 0.05) is 19.1 Å². The standard InChI is InChI=1S/C16H26N2O3/c1-16(2,3)21-15(20)18-12-7-6-11(10-12)13(18)14(19)17-8-4-5-9-17/h11-13H,4-10H2,1-3H3/t11-,12+,13+/m1/s1.